The maximum absolute atomic E-state index is 5.03. The summed E-state index contributed by atoms with van der Waals surface area (Å²) in [7, 11) is 0. The van der Waals surface area contributed by atoms with Gasteiger partial charge in [0, 0.05) is 50.4 Å². The second-order valence-corrected chi connectivity index (χ2v) is 12.1. The lowest BCUT2D eigenvalue weighted by atomic mass is 10.0. The molecule has 0 radical (unpaired) electrons. The Labute approximate surface area is 276 Å². The van der Waals surface area contributed by atoms with Crippen molar-refractivity contribution in [3.8, 4) is 45.5 Å². The Balaban J connectivity index is 1.23. The zero-order valence-electron chi connectivity index (χ0n) is 25.8. The third-order valence-corrected chi connectivity index (χ3v) is 9.33. The van der Waals surface area contributed by atoms with Gasteiger partial charge in [0.1, 0.15) is 0 Å². The predicted octanol–water partition coefficient (Wildman–Crippen LogP) is 10.5. The molecule has 48 heavy (non-hydrogen) atoms. The highest BCUT2D eigenvalue weighted by molar-refractivity contribution is 6.30. The van der Waals surface area contributed by atoms with Crippen molar-refractivity contribution in [3.63, 3.8) is 0 Å². The molecule has 3 heterocycles. The van der Waals surface area contributed by atoms with Gasteiger partial charge in [-0.1, -0.05) is 115 Å². The predicted molar refractivity (Wildman–Crippen MR) is 196 cm³/mol. The fourth-order valence-electron chi connectivity index (χ4n) is 7.17. The minimum absolute atomic E-state index is 0.637. The van der Waals surface area contributed by atoms with Crippen LogP contribution in [0.5, 0.6) is 0 Å². The van der Waals surface area contributed by atoms with Gasteiger partial charge in [-0.05, 0) is 53.2 Å². The van der Waals surface area contributed by atoms with Gasteiger partial charge in [-0.3, -0.25) is 0 Å². The number of nitrogens with zero attached hydrogens (tertiary/aromatic N) is 5. The van der Waals surface area contributed by atoms with Crippen LogP contribution >= 0.6 is 0 Å². The quantitative estimate of drug-likeness (QED) is 0.182. The molecule has 3 aromatic heterocycles. The van der Waals surface area contributed by atoms with Crippen molar-refractivity contribution in [1.29, 1.82) is 0 Å². The van der Waals surface area contributed by atoms with E-state index in [0.29, 0.717) is 17.5 Å². The van der Waals surface area contributed by atoms with Crippen molar-refractivity contribution in [1.82, 2.24) is 24.1 Å². The van der Waals surface area contributed by atoms with Crippen molar-refractivity contribution in [3.05, 3.63) is 164 Å². The highest BCUT2D eigenvalue weighted by Crippen LogP contribution is 2.43. The lowest BCUT2D eigenvalue weighted by Crippen LogP contribution is -2.01. The Morgan fingerprint density at radius 1 is 0.396 bits per heavy atom. The molecule has 0 aliphatic heterocycles. The molecular weight excluding hydrogens is 587 g/mol. The molecule has 0 spiro atoms. The Hall–Kier alpha value is -6.59. The molecule has 10 rings (SSSR count). The number of para-hydroxylation sites is 1. The Morgan fingerprint density at radius 2 is 0.979 bits per heavy atom. The summed E-state index contributed by atoms with van der Waals surface area (Å²) in [5, 5.41) is 6.23. The normalized spacial score (nSPS) is 11.8. The molecule has 0 bridgehead atoms. The van der Waals surface area contributed by atoms with Gasteiger partial charge >= 0.3 is 0 Å². The van der Waals surface area contributed by atoms with Gasteiger partial charge in [0.05, 0.1) is 16.6 Å². The van der Waals surface area contributed by atoms with E-state index < -0.39 is 0 Å². The minimum atomic E-state index is 0.637. The summed E-state index contributed by atoms with van der Waals surface area (Å²) in [6.07, 6.45) is 2.19. The van der Waals surface area contributed by atoms with Crippen LogP contribution in [0.4, 0.5) is 0 Å². The third kappa shape index (κ3) is 4.08. The molecule has 0 amide bonds. The van der Waals surface area contributed by atoms with Crippen LogP contribution in [-0.4, -0.2) is 24.1 Å². The van der Waals surface area contributed by atoms with E-state index in [-0.39, 0.29) is 0 Å². The van der Waals surface area contributed by atoms with E-state index in [2.05, 4.69) is 112 Å². The van der Waals surface area contributed by atoms with E-state index >= 15 is 0 Å². The van der Waals surface area contributed by atoms with E-state index in [4.69, 9.17) is 15.0 Å². The Morgan fingerprint density at radius 3 is 1.69 bits per heavy atom. The van der Waals surface area contributed by atoms with Crippen molar-refractivity contribution < 1.29 is 0 Å². The van der Waals surface area contributed by atoms with Gasteiger partial charge in [-0.25, -0.2) is 15.0 Å². The molecule has 7 aromatic carbocycles. The van der Waals surface area contributed by atoms with Crippen LogP contribution in [-0.2, 0) is 0 Å². The summed E-state index contributed by atoms with van der Waals surface area (Å²) in [6, 6.07) is 55.1. The molecule has 0 aliphatic carbocycles. The van der Waals surface area contributed by atoms with Crippen LogP contribution in [0.1, 0.15) is 0 Å². The van der Waals surface area contributed by atoms with Crippen molar-refractivity contribution in [2.24, 2.45) is 0 Å². The molecular formula is C43H27N5. The number of fused-ring (bicyclic) bond motifs is 2. The second-order valence-electron chi connectivity index (χ2n) is 12.1. The minimum Gasteiger partial charge on any atom is -0.316 e. The summed E-state index contributed by atoms with van der Waals surface area (Å²) >= 11 is 0. The molecule has 0 aliphatic rings. The largest absolute Gasteiger partial charge is 0.316 e. The number of rotatable bonds is 5. The van der Waals surface area contributed by atoms with E-state index in [9.17, 15) is 0 Å². The van der Waals surface area contributed by atoms with E-state index in [0.717, 1.165) is 28.1 Å². The van der Waals surface area contributed by atoms with Gasteiger partial charge in [0.2, 0.25) is 0 Å². The number of hydrogen-bond donors (Lipinski definition) is 0. The molecule has 0 saturated heterocycles. The van der Waals surface area contributed by atoms with Crippen LogP contribution in [0.3, 0.4) is 0 Å². The number of hydrogen-bond acceptors (Lipinski definition) is 3. The van der Waals surface area contributed by atoms with E-state index in [1.165, 1.54) is 43.5 Å². The van der Waals surface area contributed by atoms with Gasteiger partial charge in [-0.15, -0.1) is 0 Å². The molecule has 5 nitrogen and oxygen atoms in total. The monoisotopic (exact) mass is 613 g/mol. The maximum Gasteiger partial charge on any atom is 0.164 e. The van der Waals surface area contributed by atoms with Crippen LogP contribution in [0.15, 0.2) is 164 Å². The van der Waals surface area contributed by atoms with E-state index in [1.807, 2.05) is 60.7 Å². The first kappa shape index (κ1) is 26.6. The van der Waals surface area contributed by atoms with Crippen molar-refractivity contribution >= 4 is 43.5 Å². The number of benzene rings is 7. The highest BCUT2D eigenvalue weighted by atomic mass is 15.0. The molecule has 10 aromatic rings. The summed E-state index contributed by atoms with van der Waals surface area (Å²) in [6.45, 7) is 0. The lowest BCUT2D eigenvalue weighted by molar-refractivity contribution is 1.07. The third-order valence-electron chi connectivity index (χ3n) is 9.33. The fraction of sp³-hybridized carbons (Fsp3) is 0. The zero-order chi connectivity index (χ0) is 31.6. The second kappa shape index (κ2) is 10.5. The Kier molecular flexibility index (Phi) is 5.81. The van der Waals surface area contributed by atoms with Gasteiger partial charge < -0.3 is 9.13 Å². The molecule has 0 unspecified atom stereocenters. The average Bonchev–Trinajstić information content (AvgIpc) is 3.75. The first-order valence-corrected chi connectivity index (χ1v) is 16.1. The van der Waals surface area contributed by atoms with Gasteiger partial charge in [0.15, 0.2) is 17.5 Å². The molecule has 0 atom stereocenters. The van der Waals surface area contributed by atoms with Crippen molar-refractivity contribution in [2.45, 2.75) is 0 Å². The van der Waals surface area contributed by atoms with Crippen LogP contribution in [0.25, 0.3) is 89.0 Å². The highest BCUT2D eigenvalue weighted by Gasteiger charge is 2.21. The standard InChI is InChI=1S/C43H27N5/c1-4-12-29(13-5-1)41-44-42(30-14-6-2-7-15-30)46-43(45-41)32-17-10-20-34(26-32)48-36-21-11-16-28-22-23-31-27-37-35(40(48)39(31)38(28)36)24-25-47(37)33-18-8-3-9-19-33/h1-27H. The lowest BCUT2D eigenvalue weighted by Gasteiger charge is -2.12. The molecule has 0 saturated carbocycles. The summed E-state index contributed by atoms with van der Waals surface area (Å²) in [5.41, 5.74) is 8.58. The fourth-order valence-corrected chi connectivity index (χ4v) is 7.17. The first-order chi connectivity index (χ1) is 23.8. The average molecular weight is 614 g/mol. The maximum atomic E-state index is 5.03. The smallest absolute Gasteiger partial charge is 0.164 e. The number of aromatic nitrogens is 5. The topological polar surface area (TPSA) is 48.5 Å². The molecule has 0 N–H and O–H groups in total. The van der Waals surface area contributed by atoms with Gasteiger partial charge in [-0.2, -0.15) is 0 Å². The summed E-state index contributed by atoms with van der Waals surface area (Å²) in [4.78, 5) is 15.0. The summed E-state index contributed by atoms with van der Waals surface area (Å²) < 4.78 is 4.71. The van der Waals surface area contributed by atoms with Crippen molar-refractivity contribution in [2.75, 3.05) is 0 Å². The SMILES string of the molecule is c1ccc(-c2nc(-c3ccccc3)nc(-c3cccc(-n4c5cccc6ccc7cc8c(ccn8-c8ccccc8)c4c7c65)c3)n2)cc1. The van der Waals surface area contributed by atoms with Crippen LogP contribution < -0.4 is 0 Å². The summed E-state index contributed by atoms with van der Waals surface area (Å²) in [5.74, 6) is 1.94. The van der Waals surface area contributed by atoms with Crippen LogP contribution in [0.2, 0.25) is 0 Å². The van der Waals surface area contributed by atoms with Gasteiger partial charge in [0.25, 0.3) is 0 Å². The van der Waals surface area contributed by atoms with E-state index in [1.54, 1.807) is 0 Å². The molecule has 5 heteroatoms. The Bertz CT molecular complexity index is 2700. The molecule has 0 fully saturated rings. The zero-order valence-corrected chi connectivity index (χ0v) is 25.8. The molecule has 224 valence electrons. The first-order valence-electron chi connectivity index (χ1n) is 16.1. The van der Waals surface area contributed by atoms with Crippen LogP contribution in [0, 0.1) is 0 Å².